The number of aromatic nitrogens is 2. The number of imidazole rings is 1. The van der Waals surface area contributed by atoms with Gasteiger partial charge in [0.2, 0.25) is 0 Å². The van der Waals surface area contributed by atoms with E-state index in [9.17, 15) is 4.79 Å². The fraction of sp³-hybridized carbons (Fsp3) is 0.0769. The number of rotatable bonds is 2. The van der Waals surface area contributed by atoms with Crippen LogP contribution in [-0.4, -0.2) is 16.2 Å². The Morgan fingerprint density at radius 1 is 1.17 bits per heavy atom. The van der Waals surface area contributed by atoms with Gasteiger partial charge in [-0.15, -0.1) is 11.3 Å². The molecule has 0 aliphatic carbocycles. The molecule has 18 heavy (non-hydrogen) atoms. The normalized spacial score (nSPS) is 11.6. The molecule has 0 radical (unpaired) electrons. The topological polar surface area (TPSA) is 61.0 Å². The molecule has 0 aliphatic rings. The monoisotopic (exact) mass is 257 g/mol. The van der Waals surface area contributed by atoms with Crippen molar-refractivity contribution in [3.05, 3.63) is 50.6 Å². The SMILES string of the molecule is Cc1ccc(C=Nc2ccc3[nH]c(=O)[nH]c3c2)s1. The largest absolute Gasteiger partial charge is 0.323 e. The van der Waals surface area contributed by atoms with Gasteiger partial charge in [0.25, 0.3) is 0 Å². The molecule has 0 unspecified atom stereocenters. The molecule has 0 atom stereocenters. The molecule has 0 saturated heterocycles. The second-order valence-corrected chi connectivity index (χ2v) is 5.34. The Kier molecular flexibility index (Phi) is 2.60. The highest BCUT2D eigenvalue weighted by Crippen LogP contribution is 2.18. The maximum Gasteiger partial charge on any atom is 0.323 e. The molecule has 2 heterocycles. The van der Waals surface area contributed by atoms with Gasteiger partial charge in [0.05, 0.1) is 16.7 Å². The minimum atomic E-state index is -0.194. The summed E-state index contributed by atoms with van der Waals surface area (Å²) in [6.07, 6.45) is 1.84. The number of nitrogens with zero attached hydrogens (tertiary/aromatic N) is 1. The average molecular weight is 257 g/mol. The second-order valence-electron chi connectivity index (χ2n) is 4.02. The first-order valence-electron chi connectivity index (χ1n) is 5.53. The highest BCUT2D eigenvalue weighted by Gasteiger charge is 1.98. The molecule has 3 rings (SSSR count). The number of aryl methyl sites for hydroxylation is 1. The van der Waals surface area contributed by atoms with Crippen LogP contribution in [0, 0.1) is 6.92 Å². The Labute approximate surface area is 107 Å². The zero-order valence-electron chi connectivity index (χ0n) is 9.73. The summed E-state index contributed by atoms with van der Waals surface area (Å²) in [5, 5.41) is 0. The first kappa shape index (κ1) is 11.0. The molecule has 0 saturated carbocycles. The molecule has 2 aromatic heterocycles. The van der Waals surface area contributed by atoms with Crippen molar-refractivity contribution < 1.29 is 0 Å². The first-order valence-corrected chi connectivity index (χ1v) is 6.35. The summed E-state index contributed by atoms with van der Waals surface area (Å²) in [7, 11) is 0. The van der Waals surface area contributed by atoms with Crippen molar-refractivity contribution in [1.29, 1.82) is 0 Å². The number of hydrogen-bond acceptors (Lipinski definition) is 3. The van der Waals surface area contributed by atoms with Gasteiger partial charge in [-0.25, -0.2) is 4.79 Å². The lowest BCUT2D eigenvalue weighted by atomic mass is 10.3. The van der Waals surface area contributed by atoms with Crippen LogP contribution in [0.5, 0.6) is 0 Å². The molecule has 0 bridgehead atoms. The lowest BCUT2D eigenvalue weighted by Gasteiger charge is -1.93. The number of nitrogens with one attached hydrogen (secondary N) is 2. The van der Waals surface area contributed by atoms with E-state index in [2.05, 4.69) is 28.0 Å². The van der Waals surface area contributed by atoms with Crippen molar-refractivity contribution in [2.24, 2.45) is 4.99 Å². The third-order valence-electron chi connectivity index (χ3n) is 2.60. The van der Waals surface area contributed by atoms with Crippen molar-refractivity contribution >= 4 is 34.3 Å². The Balaban J connectivity index is 1.94. The smallest absolute Gasteiger partial charge is 0.306 e. The standard InChI is InChI=1S/C13H11N3OS/c1-8-2-4-10(18-8)7-14-9-3-5-11-12(6-9)16-13(17)15-11/h2-7H,1H3,(H2,15,16,17). The highest BCUT2D eigenvalue weighted by atomic mass is 32.1. The number of aromatic amines is 2. The molecule has 0 amide bonds. The van der Waals surface area contributed by atoms with E-state index in [1.807, 2.05) is 30.5 Å². The van der Waals surface area contributed by atoms with Gasteiger partial charge in [0, 0.05) is 16.0 Å². The van der Waals surface area contributed by atoms with Crippen LogP contribution < -0.4 is 5.69 Å². The van der Waals surface area contributed by atoms with E-state index in [1.165, 1.54) is 4.88 Å². The molecule has 3 aromatic rings. The van der Waals surface area contributed by atoms with Gasteiger partial charge in [-0.3, -0.25) is 4.99 Å². The lowest BCUT2D eigenvalue weighted by molar-refractivity contribution is 1.21. The van der Waals surface area contributed by atoms with Crippen LogP contribution >= 0.6 is 11.3 Å². The Morgan fingerprint density at radius 3 is 2.78 bits per heavy atom. The number of thiophene rings is 1. The van der Waals surface area contributed by atoms with Crippen molar-refractivity contribution in [1.82, 2.24) is 9.97 Å². The fourth-order valence-electron chi connectivity index (χ4n) is 1.76. The van der Waals surface area contributed by atoms with Crippen LogP contribution in [0.2, 0.25) is 0 Å². The van der Waals surface area contributed by atoms with Crippen LogP contribution in [-0.2, 0) is 0 Å². The lowest BCUT2D eigenvalue weighted by Crippen LogP contribution is -1.99. The van der Waals surface area contributed by atoms with E-state index in [4.69, 9.17) is 0 Å². The molecule has 90 valence electrons. The highest BCUT2D eigenvalue weighted by molar-refractivity contribution is 7.13. The first-order chi connectivity index (χ1) is 8.70. The predicted molar refractivity (Wildman–Crippen MR) is 75.2 cm³/mol. The maximum absolute atomic E-state index is 11.1. The molecule has 0 aliphatic heterocycles. The van der Waals surface area contributed by atoms with E-state index in [-0.39, 0.29) is 5.69 Å². The summed E-state index contributed by atoms with van der Waals surface area (Å²) in [5.41, 5.74) is 2.20. The summed E-state index contributed by atoms with van der Waals surface area (Å²) in [6.45, 7) is 2.07. The van der Waals surface area contributed by atoms with Crippen LogP contribution in [0.4, 0.5) is 5.69 Å². The van der Waals surface area contributed by atoms with Crippen LogP contribution in [0.3, 0.4) is 0 Å². The molecule has 0 spiro atoms. The quantitative estimate of drug-likeness (QED) is 0.681. The molecular formula is C13H11N3OS. The van der Waals surface area contributed by atoms with E-state index in [0.29, 0.717) is 0 Å². The van der Waals surface area contributed by atoms with E-state index >= 15 is 0 Å². The van der Waals surface area contributed by atoms with Crippen LogP contribution in [0.1, 0.15) is 9.75 Å². The minimum Gasteiger partial charge on any atom is -0.306 e. The summed E-state index contributed by atoms with van der Waals surface area (Å²) in [5.74, 6) is 0. The number of aliphatic imine (C=N–C) groups is 1. The summed E-state index contributed by atoms with van der Waals surface area (Å²) in [6, 6.07) is 9.69. The minimum absolute atomic E-state index is 0.194. The molecule has 2 N–H and O–H groups in total. The zero-order chi connectivity index (χ0) is 12.5. The molecule has 5 heteroatoms. The van der Waals surface area contributed by atoms with Crippen LogP contribution in [0.15, 0.2) is 40.1 Å². The fourth-order valence-corrected chi connectivity index (χ4v) is 2.51. The molecule has 0 fully saturated rings. The number of benzene rings is 1. The average Bonchev–Trinajstić information content (AvgIpc) is 2.90. The second kappa shape index (κ2) is 4.27. The Hall–Kier alpha value is -2.14. The van der Waals surface area contributed by atoms with Gasteiger partial charge in [-0.05, 0) is 37.3 Å². The summed E-state index contributed by atoms with van der Waals surface area (Å²) in [4.78, 5) is 23.3. The van der Waals surface area contributed by atoms with E-state index in [0.717, 1.165) is 21.6 Å². The third-order valence-corrected chi connectivity index (χ3v) is 3.54. The van der Waals surface area contributed by atoms with Gasteiger partial charge in [0.15, 0.2) is 0 Å². The summed E-state index contributed by atoms with van der Waals surface area (Å²) >= 11 is 1.70. The number of H-pyrrole nitrogens is 2. The predicted octanol–water partition coefficient (Wildman–Crippen LogP) is 2.98. The van der Waals surface area contributed by atoms with Crippen molar-refractivity contribution in [3.63, 3.8) is 0 Å². The van der Waals surface area contributed by atoms with Gasteiger partial charge in [-0.2, -0.15) is 0 Å². The maximum atomic E-state index is 11.1. The van der Waals surface area contributed by atoms with Crippen molar-refractivity contribution in [2.45, 2.75) is 6.92 Å². The summed E-state index contributed by atoms with van der Waals surface area (Å²) < 4.78 is 0. The van der Waals surface area contributed by atoms with E-state index < -0.39 is 0 Å². The Morgan fingerprint density at radius 2 is 2.00 bits per heavy atom. The van der Waals surface area contributed by atoms with Gasteiger partial charge < -0.3 is 9.97 Å². The van der Waals surface area contributed by atoms with Gasteiger partial charge in [-0.1, -0.05) is 0 Å². The molecular weight excluding hydrogens is 246 g/mol. The van der Waals surface area contributed by atoms with Gasteiger partial charge >= 0.3 is 5.69 Å². The van der Waals surface area contributed by atoms with E-state index in [1.54, 1.807) is 11.3 Å². The Bertz CT molecular complexity index is 779. The molecule has 1 aromatic carbocycles. The van der Waals surface area contributed by atoms with Crippen molar-refractivity contribution in [2.75, 3.05) is 0 Å². The van der Waals surface area contributed by atoms with Crippen LogP contribution in [0.25, 0.3) is 11.0 Å². The number of hydrogen-bond donors (Lipinski definition) is 2. The zero-order valence-corrected chi connectivity index (χ0v) is 10.5. The number of fused-ring (bicyclic) bond motifs is 1. The molecule has 4 nitrogen and oxygen atoms in total. The van der Waals surface area contributed by atoms with Crippen molar-refractivity contribution in [3.8, 4) is 0 Å². The third kappa shape index (κ3) is 2.12. The van der Waals surface area contributed by atoms with Gasteiger partial charge in [0.1, 0.15) is 0 Å².